The lowest BCUT2D eigenvalue weighted by molar-refractivity contribution is -0.0199. The fourth-order valence-electron chi connectivity index (χ4n) is 4.15. The van der Waals surface area contributed by atoms with E-state index in [-0.39, 0.29) is 17.8 Å². The van der Waals surface area contributed by atoms with Crippen molar-refractivity contribution in [1.29, 1.82) is 0 Å². The molecule has 0 amide bonds. The van der Waals surface area contributed by atoms with Crippen molar-refractivity contribution in [2.45, 2.75) is 37.5 Å². The molecule has 26 heavy (non-hydrogen) atoms. The van der Waals surface area contributed by atoms with Crippen molar-refractivity contribution in [1.82, 2.24) is 0 Å². The number of rotatable bonds is 4. The Labute approximate surface area is 157 Å². The summed E-state index contributed by atoms with van der Waals surface area (Å²) in [4.78, 5) is 4.81. The third-order valence-corrected chi connectivity index (χ3v) is 6.42. The summed E-state index contributed by atoms with van der Waals surface area (Å²) in [5, 5.41) is 0.549. The second kappa shape index (κ2) is 7.41. The molecule has 3 nitrogen and oxygen atoms in total. The zero-order valence-corrected chi connectivity index (χ0v) is 15.4. The average Bonchev–Trinajstić information content (AvgIpc) is 2.67. The second-order valence-corrected chi connectivity index (χ2v) is 8.10. The molecule has 2 aromatic carbocycles. The van der Waals surface area contributed by atoms with E-state index in [0.29, 0.717) is 23.8 Å². The van der Waals surface area contributed by atoms with E-state index in [1.165, 1.54) is 6.07 Å². The van der Waals surface area contributed by atoms with Gasteiger partial charge < -0.3 is 10.5 Å². The molecule has 5 heteroatoms. The monoisotopic (exact) mass is 370 g/mol. The Morgan fingerprint density at radius 3 is 2.69 bits per heavy atom. The zero-order valence-electron chi connectivity index (χ0n) is 14.6. The number of hydrogen-bond donors (Lipinski definition) is 1. The van der Waals surface area contributed by atoms with Crippen LogP contribution in [0.5, 0.6) is 0 Å². The summed E-state index contributed by atoms with van der Waals surface area (Å²) < 4.78 is 20.9. The topological polar surface area (TPSA) is 47.6 Å². The van der Waals surface area contributed by atoms with Gasteiger partial charge in [-0.15, -0.1) is 0 Å². The number of fused-ring (bicyclic) bond motifs is 1. The molecule has 0 aromatic heterocycles. The lowest BCUT2D eigenvalue weighted by atomic mass is 9.68. The standard InChI is InChI=1S/C21H23FN2OS/c22-19-9-5-4-8-18(19)21-12-17(25-13-15-6-2-1-3-7-15)11-10-16(21)14-26-20(23)24-21/h1-9,16-17H,10-14H2,(H2,23,24)/t16-,17+,21-/m0/s1. The van der Waals surface area contributed by atoms with E-state index in [4.69, 9.17) is 15.5 Å². The minimum atomic E-state index is -0.611. The van der Waals surface area contributed by atoms with Gasteiger partial charge in [-0.2, -0.15) is 0 Å². The third kappa shape index (κ3) is 3.38. The molecule has 2 aliphatic rings. The highest BCUT2D eigenvalue weighted by Crippen LogP contribution is 2.50. The van der Waals surface area contributed by atoms with Crippen LogP contribution in [0.15, 0.2) is 59.6 Å². The van der Waals surface area contributed by atoms with Crippen LogP contribution in [0.4, 0.5) is 4.39 Å². The Morgan fingerprint density at radius 1 is 1.12 bits per heavy atom. The van der Waals surface area contributed by atoms with Crippen LogP contribution in [0.1, 0.15) is 30.4 Å². The molecule has 3 atom stereocenters. The summed E-state index contributed by atoms with van der Waals surface area (Å²) in [5.41, 5.74) is 7.27. The lowest BCUT2D eigenvalue weighted by Gasteiger charge is -2.46. The zero-order chi connectivity index (χ0) is 18.0. The first kappa shape index (κ1) is 17.6. The highest BCUT2D eigenvalue weighted by atomic mass is 32.2. The van der Waals surface area contributed by atoms with Gasteiger partial charge in [0, 0.05) is 17.7 Å². The van der Waals surface area contributed by atoms with Crippen molar-refractivity contribution >= 4 is 16.9 Å². The number of benzene rings is 2. The van der Waals surface area contributed by atoms with Crippen molar-refractivity contribution in [2.75, 3.05) is 5.75 Å². The number of halogens is 1. The molecule has 1 heterocycles. The molecule has 4 rings (SSSR count). The predicted molar refractivity (Wildman–Crippen MR) is 105 cm³/mol. The van der Waals surface area contributed by atoms with Crippen molar-refractivity contribution in [3.8, 4) is 0 Å². The van der Waals surface area contributed by atoms with E-state index in [2.05, 4.69) is 12.1 Å². The van der Waals surface area contributed by atoms with Crippen LogP contribution in [0.3, 0.4) is 0 Å². The number of ether oxygens (including phenoxy) is 1. The second-order valence-electron chi connectivity index (χ2n) is 7.06. The highest BCUT2D eigenvalue weighted by Gasteiger charge is 2.49. The molecule has 2 N–H and O–H groups in total. The van der Waals surface area contributed by atoms with Crippen molar-refractivity contribution in [3.63, 3.8) is 0 Å². The number of thioether (sulfide) groups is 1. The van der Waals surface area contributed by atoms with Gasteiger partial charge in [0.25, 0.3) is 0 Å². The number of nitrogens with zero attached hydrogens (tertiary/aromatic N) is 1. The van der Waals surface area contributed by atoms with Crippen molar-refractivity contribution in [2.24, 2.45) is 16.6 Å². The fourth-order valence-corrected chi connectivity index (χ4v) is 5.19. The summed E-state index contributed by atoms with van der Waals surface area (Å²) in [6, 6.07) is 17.1. The van der Waals surface area contributed by atoms with Crippen LogP contribution in [0.2, 0.25) is 0 Å². The maximum absolute atomic E-state index is 14.7. The van der Waals surface area contributed by atoms with Crippen molar-refractivity contribution in [3.05, 3.63) is 71.5 Å². The van der Waals surface area contributed by atoms with Gasteiger partial charge in [-0.3, -0.25) is 4.99 Å². The fraction of sp³-hybridized carbons (Fsp3) is 0.381. The third-order valence-electron chi connectivity index (χ3n) is 5.46. The summed E-state index contributed by atoms with van der Waals surface area (Å²) in [5.74, 6) is 0.965. The normalized spacial score (nSPS) is 28.3. The molecule has 2 aromatic rings. The van der Waals surface area contributed by atoms with Gasteiger partial charge in [-0.05, 0) is 30.4 Å². The molecule has 0 bridgehead atoms. The van der Waals surface area contributed by atoms with E-state index in [0.717, 1.165) is 24.2 Å². The van der Waals surface area contributed by atoms with E-state index < -0.39 is 5.54 Å². The summed E-state index contributed by atoms with van der Waals surface area (Å²) in [7, 11) is 0. The first-order chi connectivity index (χ1) is 12.7. The Hall–Kier alpha value is -1.85. The van der Waals surface area contributed by atoms with Crippen LogP contribution < -0.4 is 5.73 Å². The van der Waals surface area contributed by atoms with Gasteiger partial charge in [0.1, 0.15) is 5.82 Å². The molecular formula is C21H23FN2OS. The summed E-state index contributed by atoms with van der Waals surface area (Å²) in [6.45, 7) is 0.567. The van der Waals surface area contributed by atoms with Gasteiger partial charge in [-0.25, -0.2) is 4.39 Å². The Bertz CT molecular complexity index is 798. The van der Waals surface area contributed by atoms with E-state index in [9.17, 15) is 4.39 Å². The van der Waals surface area contributed by atoms with E-state index in [1.54, 1.807) is 17.8 Å². The Morgan fingerprint density at radius 2 is 1.88 bits per heavy atom. The minimum absolute atomic E-state index is 0.0470. The van der Waals surface area contributed by atoms with Crippen LogP contribution in [-0.4, -0.2) is 17.0 Å². The summed E-state index contributed by atoms with van der Waals surface area (Å²) in [6.07, 6.45) is 2.67. The maximum atomic E-state index is 14.7. The van der Waals surface area contributed by atoms with Crippen LogP contribution in [-0.2, 0) is 16.9 Å². The maximum Gasteiger partial charge on any atom is 0.154 e. The number of amidine groups is 1. The molecule has 0 spiro atoms. The van der Waals surface area contributed by atoms with Gasteiger partial charge in [0.05, 0.1) is 18.2 Å². The molecular weight excluding hydrogens is 347 g/mol. The van der Waals surface area contributed by atoms with Crippen molar-refractivity contribution < 1.29 is 9.13 Å². The molecule has 1 aliphatic carbocycles. The quantitative estimate of drug-likeness (QED) is 0.864. The van der Waals surface area contributed by atoms with Gasteiger partial charge in [0.15, 0.2) is 5.17 Å². The minimum Gasteiger partial charge on any atom is -0.379 e. The Kier molecular flexibility index (Phi) is 5.00. The van der Waals surface area contributed by atoms with Crippen LogP contribution in [0, 0.1) is 11.7 Å². The van der Waals surface area contributed by atoms with E-state index >= 15 is 0 Å². The smallest absolute Gasteiger partial charge is 0.154 e. The predicted octanol–water partition coefficient (Wildman–Crippen LogP) is 4.47. The molecule has 136 valence electrons. The number of nitrogens with two attached hydrogens (primary N) is 1. The molecule has 0 saturated heterocycles. The van der Waals surface area contributed by atoms with Gasteiger partial charge in [0.2, 0.25) is 0 Å². The Balaban J connectivity index is 1.61. The van der Waals surface area contributed by atoms with E-state index in [1.807, 2.05) is 30.3 Å². The first-order valence-electron chi connectivity index (χ1n) is 9.06. The highest BCUT2D eigenvalue weighted by molar-refractivity contribution is 8.13. The molecule has 1 aliphatic heterocycles. The number of hydrogen-bond acceptors (Lipinski definition) is 4. The largest absolute Gasteiger partial charge is 0.379 e. The molecule has 0 radical (unpaired) electrons. The van der Waals surface area contributed by atoms with Crippen LogP contribution >= 0.6 is 11.8 Å². The summed E-state index contributed by atoms with van der Waals surface area (Å²) >= 11 is 1.58. The first-order valence-corrected chi connectivity index (χ1v) is 10.0. The molecule has 0 unspecified atom stereocenters. The van der Waals surface area contributed by atoms with Gasteiger partial charge in [-0.1, -0.05) is 60.3 Å². The average molecular weight is 370 g/mol. The molecule has 1 fully saturated rings. The van der Waals surface area contributed by atoms with Crippen LogP contribution in [0.25, 0.3) is 0 Å². The lowest BCUT2D eigenvalue weighted by Crippen LogP contribution is -2.47. The SMILES string of the molecule is NC1=N[C@@]2(c3ccccc3F)C[C@H](OCc3ccccc3)CC[C@H]2CS1. The number of aliphatic imine (C=N–C) groups is 1. The van der Waals surface area contributed by atoms with Gasteiger partial charge >= 0.3 is 0 Å². The molecule has 1 saturated carbocycles.